The molecule has 1 aromatic rings. The molecule has 2 atom stereocenters. The van der Waals surface area contributed by atoms with Gasteiger partial charge in [-0.05, 0) is 38.4 Å². The highest BCUT2D eigenvalue weighted by Crippen LogP contribution is 2.31. The van der Waals surface area contributed by atoms with Gasteiger partial charge in [0.1, 0.15) is 0 Å². The number of amides is 1. The Labute approximate surface area is 132 Å². The Kier molecular flexibility index (Phi) is 7.35. The Morgan fingerprint density at radius 1 is 1.33 bits per heavy atom. The summed E-state index contributed by atoms with van der Waals surface area (Å²) in [6, 6.07) is 4.46. The zero-order chi connectivity index (χ0) is 16.0. The van der Waals surface area contributed by atoms with Crippen LogP contribution in [0.2, 0.25) is 0 Å². The van der Waals surface area contributed by atoms with Gasteiger partial charge in [0.25, 0.3) is 0 Å². The Hall–Kier alpha value is -0.910. The average molecular weight is 311 g/mol. The highest BCUT2D eigenvalue weighted by molar-refractivity contribution is 7.12. The van der Waals surface area contributed by atoms with Crippen molar-refractivity contribution in [3.63, 3.8) is 0 Å². The third-order valence-corrected chi connectivity index (χ3v) is 4.74. The lowest BCUT2D eigenvalue weighted by Crippen LogP contribution is -2.45. The molecule has 0 aromatic carbocycles. The lowest BCUT2D eigenvalue weighted by Gasteiger charge is -2.34. The Balaban J connectivity index is 3.03. The number of rotatable bonds is 8. The zero-order valence-electron chi connectivity index (χ0n) is 13.9. The van der Waals surface area contributed by atoms with Crippen LogP contribution in [0.5, 0.6) is 0 Å². The maximum absolute atomic E-state index is 12.1. The lowest BCUT2D eigenvalue weighted by atomic mass is 10.0. The van der Waals surface area contributed by atoms with Crippen molar-refractivity contribution in [3.8, 4) is 0 Å². The van der Waals surface area contributed by atoms with Gasteiger partial charge in [-0.15, -0.1) is 11.3 Å². The highest BCUT2D eigenvalue weighted by atomic mass is 32.1. The summed E-state index contributed by atoms with van der Waals surface area (Å²) >= 11 is 1.78. The lowest BCUT2D eigenvalue weighted by molar-refractivity contribution is -0.130. The predicted octanol–water partition coefficient (Wildman–Crippen LogP) is 2.64. The van der Waals surface area contributed by atoms with Crippen LogP contribution < -0.4 is 5.73 Å². The minimum Gasteiger partial charge on any atom is -0.348 e. The molecule has 0 aliphatic heterocycles. The van der Waals surface area contributed by atoms with Crippen LogP contribution in [0.25, 0.3) is 0 Å². The van der Waals surface area contributed by atoms with Crippen LogP contribution in [-0.2, 0) is 4.79 Å². The second kappa shape index (κ2) is 8.51. The molecular weight excluding hydrogens is 282 g/mol. The molecular formula is C16H29N3OS. The summed E-state index contributed by atoms with van der Waals surface area (Å²) in [4.78, 5) is 18.6. The molecule has 2 N–H and O–H groups in total. The number of thiophene rings is 1. The van der Waals surface area contributed by atoms with Gasteiger partial charge in [0.2, 0.25) is 5.91 Å². The molecule has 1 heterocycles. The number of hydrogen-bond acceptors (Lipinski definition) is 4. The molecule has 0 radical (unpaired) electrons. The molecule has 1 aromatic heterocycles. The van der Waals surface area contributed by atoms with E-state index in [2.05, 4.69) is 37.8 Å². The van der Waals surface area contributed by atoms with E-state index in [1.165, 1.54) is 9.75 Å². The van der Waals surface area contributed by atoms with Crippen molar-refractivity contribution in [1.29, 1.82) is 0 Å². The number of carbonyl (C=O) groups is 1. The van der Waals surface area contributed by atoms with E-state index in [1.807, 2.05) is 0 Å². The van der Waals surface area contributed by atoms with Crippen LogP contribution in [0.15, 0.2) is 12.1 Å². The topological polar surface area (TPSA) is 49.6 Å². The van der Waals surface area contributed by atoms with Crippen LogP contribution in [0.3, 0.4) is 0 Å². The normalized spacial score (nSPS) is 14.2. The summed E-state index contributed by atoms with van der Waals surface area (Å²) in [7, 11) is 3.60. The first-order chi connectivity index (χ1) is 9.90. The van der Waals surface area contributed by atoms with Crippen LogP contribution in [0, 0.1) is 6.92 Å². The number of likely N-dealkylation sites (N-methyl/N-ethyl adjacent to an activating group) is 1. The largest absolute Gasteiger partial charge is 0.348 e. The molecule has 0 saturated heterocycles. The van der Waals surface area contributed by atoms with E-state index in [0.29, 0.717) is 6.54 Å². The summed E-state index contributed by atoms with van der Waals surface area (Å²) < 4.78 is 0. The fraction of sp³-hybridized carbons (Fsp3) is 0.688. The summed E-state index contributed by atoms with van der Waals surface area (Å²) in [6.07, 6.45) is 1.91. The van der Waals surface area contributed by atoms with Gasteiger partial charge in [-0.2, -0.15) is 0 Å². The van der Waals surface area contributed by atoms with E-state index >= 15 is 0 Å². The van der Waals surface area contributed by atoms with Gasteiger partial charge in [-0.1, -0.05) is 13.8 Å². The SMILES string of the molecule is CCCN(CC(=O)N(C)C)C(c1ccc(C)s1)C(N)CC. The third kappa shape index (κ3) is 5.09. The monoisotopic (exact) mass is 311 g/mol. The first-order valence-electron chi connectivity index (χ1n) is 7.66. The van der Waals surface area contributed by atoms with Gasteiger partial charge < -0.3 is 10.6 Å². The van der Waals surface area contributed by atoms with Crippen molar-refractivity contribution >= 4 is 17.2 Å². The third-order valence-electron chi connectivity index (χ3n) is 3.67. The summed E-state index contributed by atoms with van der Waals surface area (Å²) in [5.74, 6) is 0.130. The van der Waals surface area contributed by atoms with Gasteiger partial charge in [0, 0.05) is 29.9 Å². The summed E-state index contributed by atoms with van der Waals surface area (Å²) in [5.41, 5.74) is 6.38. The molecule has 0 aliphatic rings. The van der Waals surface area contributed by atoms with Crippen LogP contribution >= 0.6 is 11.3 Å². The van der Waals surface area contributed by atoms with Crippen molar-refractivity contribution in [2.75, 3.05) is 27.2 Å². The van der Waals surface area contributed by atoms with E-state index in [1.54, 1.807) is 30.3 Å². The molecule has 4 nitrogen and oxygen atoms in total. The van der Waals surface area contributed by atoms with Crippen LogP contribution in [-0.4, -0.2) is 48.9 Å². The van der Waals surface area contributed by atoms with Crippen LogP contribution in [0.1, 0.15) is 42.5 Å². The molecule has 1 amide bonds. The first-order valence-corrected chi connectivity index (χ1v) is 8.48. The van der Waals surface area contributed by atoms with Crippen LogP contribution in [0.4, 0.5) is 0 Å². The van der Waals surface area contributed by atoms with Gasteiger partial charge in [0.05, 0.1) is 12.6 Å². The maximum Gasteiger partial charge on any atom is 0.236 e. The van der Waals surface area contributed by atoms with Crippen molar-refractivity contribution in [2.45, 2.75) is 45.7 Å². The number of aryl methyl sites for hydroxylation is 1. The van der Waals surface area contributed by atoms with Gasteiger partial charge in [-0.25, -0.2) is 0 Å². The number of nitrogens with zero attached hydrogens (tertiary/aromatic N) is 2. The van der Waals surface area contributed by atoms with E-state index < -0.39 is 0 Å². The fourth-order valence-electron chi connectivity index (χ4n) is 2.42. The first kappa shape index (κ1) is 18.1. The molecule has 0 saturated carbocycles. The Bertz CT molecular complexity index is 444. The highest BCUT2D eigenvalue weighted by Gasteiger charge is 2.28. The molecule has 0 spiro atoms. The predicted molar refractivity (Wildman–Crippen MR) is 90.6 cm³/mol. The zero-order valence-corrected chi connectivity index (χ0v) is 14.7. The van der Waals surface area contributed by atoms with Crippen molar-refractivity contribution in [3.05, 3.63) is 21.9 Å². The average Bonchev–Trinajstić information content (AvgIpc) is 2.85. The fourth-order valence-corrected chi connectivity index (χ4v) is 3.50. The van der Waals surface area contributed by atoms with Crippen molar-refractivity contribution in [2.24, 2.45) is 5.73 Å². The number of hydrogen-bond donors (Lipinski definition) is 1. The number of nitrogens with two attached hydrogens (primary N) is 1. The minimum absolute atomic E-state index is 0.0459. The molecule has 0 bridgehead atoms. The molecule has 0 aliphatic carbocycles. The molecule has 21 heavy (non-hydrogen) atoms. The van der Waals surface area contributed by atoms with Crippen molar-refractivity contribution in [1.82, 2.24) is 9.80 Å². The number of carbonyl (C=O) groups excluding carboxylic acids is 1. The second-order valence-electron chi connectivity index (χ2n) is 5.72. The summed E-state index contributed by atoms with van der Waals surface area (Å²) in [5, 5.41) is 0. The molecule has 5 heteroatoms. The quantitative estimate of drug-likeness (QED) is 0.803. The Morgan fingerprint density at radius 2 is 2.00 bits per heavy atom. The maximum atomic E-state index is 12.1. The smallest absolute Gasteiger partial charge is 0.236 e. The van der Waals surface area contributed by atoms with Gasteiger partial charge in [-0.3, -0.25) is 9.69 Å². The van der Waals surface area contributed by atoms with Crippen molar-refractivity contribution < 1.29 is 4.79 Å². The van der Waals surface area contributed by atoms with E-state index in [0.717, 1.165) is 19.4 Å². The standard InChI is InChI=1S/C16H29N3OS/c1-6-10-19(11-15(20)18(4)5)16(13(17)7-2)14-9-8-12(3)21-14/h8-9,13,16H,6-7,10-11,17H2,1-5H3. The minimum atomic E-state index is 0.0459. The van der Waals surface area contributed by atoms with E-state index in [4.69, 9.17) is 5.73 Å². The van der Waals surface area contributed by atoms with E-state index in [-0.39, 0.29) is 18.0 Å². The molecule has 1 rings (SSSR count). The van der Waals surface area contributed by atoms with Gasteiger partial charge >= 0.3 is 0 Å². The molecule has 0 fully saturated rings. The van der Waals surface area contributed by atoms with E-state index in [9.17, 15) is 4.79 Å². The molecule has 2 unspecified atom stereocenters. The Morgan fingerprint density at radius 3 is 2.43 bits per heavy atom. The summed E-state index contributed by atoms with van der Waals surface area (Å²) in [6.45, 7) is 7.67. The second-order valence-corrected chi connectivity index (χ2v) is 7.04. The van der Waals surface area contributed by atoms with Gasteiger partial charge in [0.15, 0.2) is 0 Å². The molecule has 120 valence electrons.